The number of anilines is 1. The molecule has 0 spiro atoms. The summed E-state index contributed by atoms with van der Waals surface area (Å²) in [5, 5.41) is 16.8. The fourth-order valence-electron chi connectivity index (χ4n) is 1.39. The van der Waals surface area contributed by atoms with E-state index in [-0.39, 0.29) is 12.2 Å². The lowest BCUT2D eigenvalue weighted by Gasteiger charge is -1.96. The van der Waals surface area contributed by atoms with Crippen LogP contribution in [0.3, 0.4) is 0 Å². The summed E-state index contributed by atoms with van der Waals surface area (Å²) in [6.45, 7) is 0. The van der Waals surface area contributed by atoms with E-state index in [9.17, 15) is 9.59 Å². The predicted octanol–water partition coefficient (Wildman–Crippen LogP) is 1.79. The number of carbonyl (C=O) groups excluding carboxylic acids is 1. The molecule has 0 radical (unpaired) electrons. The van der Waals surface area contributed by atoms with Gasteiger partial charge in [-0.2, -0.15) is 0 Å². The predicted molar refractivity (Wildman–Crippen MR) is 67.1 cm³/mol. The minimum absolute atomic E-state index is 0.108. The van der Waals surface area contributed by atoms with Crippen LogP contribution in [-0.2, 0) is 11.2 Å². The Hall–Kier alpha value is -2.22. The number of nitrogens with one attached hydrogen (secondary N) is 1. The van der Waals surface area contributed by atoms with Crippen molar-refractivity contribution < 1.29 is 19.2 Å². The van der Waals surface area contributed by atoms with Gasteiger partial charge in [-0.25, -0.2) is 4.98 Å². The number of hydrogen-bond acceptors (Lipinski definition) is 6. The molecular weight excluding hydrogens is 270 g/mol. The molecule has 0 atom stereocenters. The van der Waals surface area contributed by atoms with Crippen molar-refractivity contribution in [2.45, 2.75) is 19.3 Å². The number of amides is 1. The van der Waals surface area contributed by atoms with E-state index < -0.39 is 11.9 Å². The van der Waals surface area contributed by atoms with Crippen molar-refractivity contribution in [3.63, 3.8) is 0 Å². The Morgan fingerprint density at radius 1 is 1.47 bits per heavy atom. The number of hydrogen-bond donors (Lipinski definition) is 2. The van der Waals surface area contributed by atoms with Crippen LogP contribution in [0.2, 0.25) is 0 Å². The molecule has 0 aromatic carbocycles. The fraction of sp³-hybridized carbons (Fsp3) is 0.273. The van der Waals surface area contributed by atoms with Gasteiger partial charge in [-0.05, 0) is 12.8 Å². The maximum atomic E-state index is 11.6. The Balaban J connectivity index is 1.87. The molecule has 2 N–H and O–H groups in total. The lowest BCUT2D eigenvalue weighted by Crippen LogP contribution is -2.10. The normalized spacial score (nSPS) is 10.3. The van der Waals surface area contributed by atoms with Gasteiger partial charge < -0.3 is 9.63 Å². The van der Waals surface area contributed by atoms with Crippen LogP contribution in [0.25, 0.3) is 0 Å². The molecule has 8 heteroatoms. The standard InChI is InChI=1S/C11H11N3O4S/c15-9(16)3-1-2-7-6-19-11(13-7)14-10(17)8-4-5-12-18-8/h4-6H,1-3H2,(H,15,16)(H,13,14,17). The molecule has 2 aromatic rings. The number of aliphatic carboxylic acids is 1. The first-order valence-corrected chi connectivity index (χ1v) is 6.41. The van der Waals surface area contributed by atoms with E-state index in [1.54, 1.807) is 5.38 Å². The highest BCUT2D eigenvalue weighted by Crippen LogP contribution is 2.17. The van der Waals surface area contributed by atoms with Crippen molar-refractivity contribution >= 4 is 28.3 Å². The van der Waals surface area contributed by atoms with E-state index in [0.29, 0.717) is 18.0 Å². The maximum absolute atomic E-state index is 11.6. The van der Waals surface area contributed by atoms with E-state index in [4.69, 9.17) is 9.63 Å². The van der Waals surface area contributed by atoms with E-state index in [0.717, 1.165) is 5.69 Å². The average Bonchev–Trinajstić information content (AvgIpc) is 2.99. The zero-order valence-corrected chi connectivity index (χ0v) is 10.6. The van der Waals surface area contributed by atoms with Crippen LogP contribution in [0.5, 0.6) is 0 Å². The molecule has 0 fully saturated rings. The third-order valence-electron chi connectivity index (χ3n) is 2.26. The van der Waals surface area contributed by atoms with Gasteiger partial charge in [0.1, 0.15) is 0 Å². The van der Waals surface area contributed by atoms with Gasteiger partial charge in [0.2, 0.25) is 5.76 Å². The summed E-state index contributed by atoms with van der Waals surface area (Å²) in [4.78, 5) is 26.2. The first-order valence-electron chi connectivity index (χ1n) is 5.53. The first-order chi connectivity index (χ1) is 9.15. The number of carboxylic acids is 1. The van der Waals surface area contributed by atoms with Crippen molar-refractivity contribution in [1.29, 1.82) is 0 Å². The molecule has 0 saturated carbocycles. The molecule has 2 rings (SSSR count). The van der Waals surface area contributed by atoms with Gasteiger partial charge >= 0.3 is 5.97 Å². The first kappa shape index (κ1) is 13.2. The van der Waals surface area contributed by atoms with E-state index in [1.165, 1.54) is 23.6 Å². The molecule has 0 aliphatic rings. The fourth-order valence-corrected chi connectivity index (χ4v) is 2.13. The molecule has 19 heavy (non-hydrogen) atoms. The summed E-state index contributed by atoms with van der Waals surface area (Å²) in [6.07, 6.45) is 2.58. The SMILES string of the molecule is O=C(O)CCCc1csc(NC(=O)c2ccno2)n1. The van der Waals surface area contributed by atoms with Gasteiger partial charge in [-0.1, -0.05) is 5.16 Å². The second kappa shape index (κ2) is 6.10. The smallest absolute Gasteiger partial charge is 0.303 e. The van der Waals surface area contributed by atoms with Gasteiger partial charge in [0.15, 0.2) is 5.13 Å². The largest absolute Gasteiger partial charge is 0.481 e. The Morgan fingerprint density at radius 2 is 2.32 bits per heavy atom. The molecule has 1 amide bonds. The Bertz CT molecular complexity index is 564. The van der Waals surface area contributed by atoms with Crippen LogP contribution >= 0.6 is 11.3 Å². The topological polar surface area (TPSA) is 105 Å². The van der Waals surface area contributed by atoms with Crippen LogP contribution < -0.4 is 5.32 Å². The number of carboxylic acid groups (broad SMARTS) is 1. The number of rotatable bonds is 6. The highest BCUT2D eigenvalue weighted by atomic mass is 32.1. The second-order valence-electron chi connectivity index (χ2n) is 3.72. The number of nitrogens with zero attached hydrogens (tertiary/aromatic N) is 2. The summed E-state index contributed by atoms with van der Waals surface area (Å²) < 4.78 is 4.72. The molecule has 2 aromatic heterocycles. The Labute approximate surface area is 112 Å². The highest BCUT2D eigenvalue weighted by Gasteiger charge is 2.12. The van der Waals surface area contributed by atoms with E-state index in [2.05, 4.69) is 15.5 Å². The third-order valence-corrected chi connectivity index (χ3v) is 3.06. The van der Waals surface area contributed by atoms with Crippen LogP contribution in [0, 0.1) is 0 Å². The second-order valence-corrected chi connectivity index (χ2v) is 4.58. The maximum Gasteiger partial charge on any atom is 0.303 e. The van der Waals surface area contributed by atoms with Crippen LogP contribution in [0.1, 0.15) is 29.1 Å². The molecular formula is C11H11N3O4S. The number of carbonyl (C=O) groups is 2. The molecule has 100 valence electrons. The summed E-state index contributed by atoms with van der Waals surface area (Å²) in [5.74, 6) is -1.12. The minimum Gasteiger partial charge on any atom is -0.481 e. The number of thiazole rings is 1. The third kappa shape index (κ3) is 3.88. The molecule has 0 saturated heterocycles. The zero-order chi connectivity index (χ0) is 13.7. The quantitative estimate of drug-likeness (QED) is 0.836. The number of aryl methyl sites for hydroxylation is 1. The van der Waals surface area contributed by atoms with Gasteiger partial charge in [0, 0.05) is 17.9 Å². The molecule has 0 aliphatic carbocycles. The lowest BCUT2D eigenvalue weighted by molar-refractivity contribution is -0.137. The summed E-state index contributed by atoms with van der Waals surface area (Å²) in [6, 6.07) is 1.46. The van der Waals surface area contributed by atoms with Crippen LogP contribution in [0.15, 0.2) is 22.2 Å². The minimum atomic E-state index is -0.825. The van der Waals surface area contributed by atoms with Gasteiger partial charge in [-0.15, -0.1) is 11.3 Å². The lowest BCUT2D eigenvalue weighted by atomic mass is 10.2. The Morgan fingerprint density at radius 3 is 3.00 bits per heavy atom. The monoisotopic (exact) mass is 281 g/mol. The van der Waals surface area contributed by atoms with E-state index >= 15 is 0 Å². The van der Waals surface area contributed by atoms with Crippen molar-refractivity contribution in [2.24, 2.45) is 0 Å². The number of aromatic nitrogens is 2. The van der Waals surface area contributed by atoms with Crippen molar-refractivity contribution in [2.75, 3.05) is 5.32 Å². The average molecular weight is 281 g/mol. The van der Waals surface area contributed by atoms with Gasteiger partial charge in [0.05, 0.1) is 11.9 Å². The van der Waals surface area contributed by atoms with E-state index in [1.807, 2.05) is 0 Å². The Kier molecular flexibility index (Phi) is 4.24. The molecule has 0 bridgehead atoms. The van der Waals surface area contributed by atoms with Crippen LogP contribution in [0.4, 0.5) is 5.13 Å². The summed E-state index contributed by atoms with van der Waals surface area (Å²) in [7, 11) is 0. The highest BCUT2D eigenvalue weighted by molar-refractivity contribution is 7.13. The molecule has 7 nitrogen and oxygen atoms in total. The van der Waals surface area contributed by atoms with Crippen molar-refractivity contribution in [1.82, 2.24) is 10.1 Å². The molecule has 0 aliphatic heterocycles. The van der Waals surface area contributed by atoms with Crippen molar-refractivity contribution in [3.8, 4) is 0 Å². The summed E-state index contributed by atoms with van der Waals surface area (Å²) >= 11 is 1.28. The molecule has 0 unspecified atom stereocenters. The molecule has 2 heterocycles. The van der Waals surface area contributed by atoms with Crippen LogP contribution in [-0.4, -0.2) is 27.1 Å². The summed E-state index contributed by atoms with van der Waals surface area (Å²) in [5.41, 5.74) is 0.763. The van der Waals surface area contributed by atoms with Gasteiger partial charge in [0.25, 0.3) is 5.91 Å². The zero-order valence-electron chi connectivity index (χ0n) is 9.83. The van der Waals surface area contributed by atoms with Gasteiger partial charge in [-0.3, -0.25) is 14.9 Å². The van der Waals surface area contributed by atoms with Crippen molar-refractivity contribution in [3.05, 3.63) is 29.1 Å².